The third kappa shape index (κ3) is 2.49. The van der Waals surface area contributed by atoms with Gasteiger partial charge >= 0.3 is 12.1 Å². The lowest BCUT2D eigenvalue weighted by Crippen LogP contribution is -2.24. The molecule has 1 fully saturated rings. The lowest BCUT2D eigenvalue weighted by Gasteiger charge is -2.08. The third-order valence-corrected chi connectivity index (χ3v) is 2.11. The van der Waals surface area contributed by atoms with Crippen molar-refractivity contribution in [3.8, 4) is 0 Å². The fraction of sp³-hybridized carbons (Fsp3) is 0.625. The number of ether oxygens (including phenoxy) is 2. The standard InChI is InChI=1S/C8H11N5O4/c1-2-16-7(14)6-10-11-12-13(6)4-5-3-9-8(15)17-5/h5H,2-4H2,1H3,(H,9,15). The zero-order chi connectivity index (χ0) is 12.3. The van der Waals surface area contributed by atoms with Gasteiger partial charge in [-0.3, -0.25) is 0 Å². The molecule has 92 valence electrons. The van der Waals surface area contributed by atoms with Crippen molar-refractivity contribution in [2.24, 2.45) is 0 Å². The summed E-state index contributed by atoms with van der Waals surface area (Å²) in [5, 5.41) is 13.1. The van der Waals surface area contributed by atoms with Crippen LogP contribution in [-0.4, -0.2) is 51.5 Å². The Morgan fingerprint density at radius 1 is 1.71 bits per heavy atom. The van der Waals surface area contributed by atoms with Crippen LogP contribution in [0.2, 0.25) is 0 Å². The van der Waals surface area contributed by atoms with E-state index in [0.29, 0.717) is 6.54 Å². The van der Waals surface area contributed by atoms with E-state index in [-0.39, 0.29) is 25.1 Å². The molecule has 1 atom stereocenters. The summed E-state index contributed by atoms with van der Waals surface area (Å²) in [5.41, 5.74) is 0. The molecule has 2 heterocycles. The summed E-state index contributed by atoms with van der Waals surface area (Å²) < 4.78 is 11.0. The van der Waals surface area contributed by atoms with Crippen LogP contribution >= 0.6 is 0 Å². The van der Waals surface area contributed by atoms with Crippen molar-refractivity contribution in [3.05, 3.63) is 5.82 Å². The summed E-state index contributed by atoms with van der Waals surface area (Å²) in [6, 6.07) is 0. The van der Waals surface area contributed by atoms with Gasteiger partial charge < -0.3 is 14.8 Å². The second kappa shape index (κ2) is 4.76. The van der Waals surface area contributed by atoms with Gasteiger partial charge in [-0.2, -0.15) is 0 Å². The van der Waals surface area contributed by atoms with E-state index in [2.05, 4.69) is 20.8 Å². The van der Waals surface area contributed by atoms with Crippen LogP contribution in [0.25, 0.3) is 0 Å². The van der Waals surface area contributed by atoms with Gasteiger partial charge in [-0.1, -0.05) is 0 Å². The van der Waals surface area contributed by atoms with E-state index < -0.39 is 12.1 Å². The monoisotopic (exact) mass is 241 g/mol. The molecule has 9 nitrogen and oxygen atoms in total. The van der Waals surface area contributed by atoms with E-state index in [4.69, 9.17) is 9.47 Å². The highest BCUT2D eigenvalue weighted by molar-refractivity contribution is 5.85. The molecule has 1 aliphatic rings. The number of hydrogen-bond donors (Lipinski definition) is 1. The molecular formula is C8H11N5O4. The number of alkyl carbamates (subject to hydrolysis) is 1. The number of aromatic nitrogens is 4. The molecule has 0 saturated carbocycles. The van der Waals surface area contributed by atoms with Crippen molar-refractivity contribution in [2.45, 2.75) is 19.6 Å². The van der Waals surface area contributed by atoms with Crippen LogP contribution < -0.4 is 5.32 Å². The number of amides is 1. The number of rotatable bonds is 4. The Morgan fingerprint density at radius 2 is 2.53 bits per heavy atom. The van der Waals surface area contributed by atoms with E-state index >= 15 is 0 Å². The predicted molar refractivity (Wildman–Crippen MR) is 52.0 cm³/mol. The fourth-order valence-corrected chi connectivity index (χ4v) is 1.40. The first-order valence-electron chi connectivity index (χ1n) is 5.08. The van der Waals surface area contributed by atoms with E-state index in [1.54, 1.807) is 6.92 Å². The second-order valence-electron chi connectivity index (χ2n) is 3.31. The van der Waals surface area contributed by atoms with Gasteiger partial charge in [0.2, 0.25) is 0 Å². The Bertz CT molecular complexity index is 431. The van der Waals surface area contributed by atoms with Crippen LogP contribution in [0, 0.1) is 0 Å². The number of nitrogens with one attached hydrogen (secondary N) is 1. The molecule has 2 rings (SSSR count). The second-order valence-corrected chi connectivity index (χ2v) is 3.31. The topological polar surface area (TPSA) is 108 Å². The first-order valence-corrected chi connectivity index (χ1v) is 5.08. The van der Waals surface area contributed by atoms with Gasteiger partial charge in [-0.25, -0.2) is 14.3 Å². The highest BCUT2D eigenvalue weighted by Gasteiger charge is 2.26. The molecule has 1 aromatic heterocycles. The Kier molecular flexibility index (Phi) is 3.17. The maximum atomic E-state index is 11.5. The molecule has 0 spiro atoms. The molecule has 1 aliphatic heterocycles. The van der Waals surface area contributed by atoms with Crippen molar-refractivity contribution in [1.82, 2.24) is 25.5 Å². The Balaban J connectivity index is 2.03. The summed E-state index contributed by atoms with van der Waals surface area (Å²) in [6.45, 7) is 2.50. The molecular weight excluding hydrogens is 230 g/mol. The molecule has 9 heteroatoms. The van der Waals surface area contributed by atoms with Crippen molar-refractivity contribution in [1.29, 1.82) is 0 Å². The van der Waals surface area contributed by atoms with Crippen molar-refractivity contribution >= 4 is 12.1 Å². The number of carbonyl (C=O) groups is 2. The van der Waals surface area contributed by atoms with Gasteiger partial charge in [0.1, 0.15) is 6.10 Å². The Hall–Kier alpha value is -2.19. The van der Waals surface area contributed by atoms with Crippen LogP contribution in [0.5, 0.6) is 0 Å². The Labute approximate surface area is 96.1 Å². The smallest absolute Gasteiger partial charge is 0.407 e. The van der Waals surface area contributed by atoms with E-state index in [1.165, 1.54) is 4.68 Å². The molecule has 0 aliphatic carbocycles. The van der Waals surface area contributed by atoms with Crippen molar-refractivity contribution < 1.29 is 19.1 Å². The van der Waals surface area contributed by atoms with Gasteiger partial charge in [-0.05, 0) is 17.4 Å². The van der Waals surface area contributed by atoms with Crippen LogP contribution in [0.15, 0.2) is 0 Å². The quantitative estimate of drug-likeness (QED) is 0.670. The van der Waals surface area contributed by atoms with Crippen LogP contribution in [0.1, 0.15) is 17.5 Å². The average molecular weight is 241 g/mol. The third-order valence-electron chi connectivity index (χ3n) is 2.11. The molecule has 17 heavy (non-hydrogen) atoms. The van der Waals surface area contributed by atoms with Crippen LogP contribution in [0.4, 0.5) is 4.79 Å². The number of tetrazole rings is 1. The number of hydrogen-bond acceptors (Lipinski definition) is 7. The minimum Gasteiger partial charge on any atom is -0.460 e. The lowest BCUT2D eigenvalue weighted by atomic mass is 10.3. The first kappa shape index (κ1) is 11.3. The molecule has 1 N–H and O–H groups in total. The maximum Gasteiger partial charge on any atom is 0.407 e. The zero-order valence-electron chi connectivity index (χ0n) is 9.12. The molecule has 0 aromatic carbocycles. The number of cyclic esters (lactones) is 1. The maximum absolute atomic E-state index is 11.5. The van der Waals surface area contributed by atoms with Gasteiger partial charge in [0, 0.05) is 0 Å². The number of esters is 1. The van der Waals surface area contributed by atoms with Gasteiger partial charge in [0.25, 0.3) is 5.82 Å². The van der Waals surface area contributed by atoms with Gasteiger partial charge in [0.15, 0.2) is 0 Å². The van der Waals surface area contributed by atoms with E-state index in [1.807, 2.05) is 0 Å². The summed E-state index contributed by atoms with van der Waals surface area (Å²) in [5.74, 6) is -0.607. The highest BCUT2D eigenvalue weighted by atomic mass is 16.6. The zero-order valence-corrected chi connectivity index (χ0v) is 9.12. The predicted octanol–water partition coefficient (Wildman–Crippen LogP) is -1.04. The summed E-state index contributed by atoms with van der Waals surface area (Å²) in [4.78, 5) is 22.3. The lowest BCUT2D eigenvalue weighted by molar-refractivity contribution is 0.0500. The number of carbonyl (C=O) groups excluding carboxylic acids is 2. The first-order chi connectivity index (χ1) is 8.20. The van der Waals surface area contributed by atoms with Crippen LogP contribution in [0.3, 0.4) is 0 Å². The van der Waals surface area contributed by atoms with E-state index in [9.17, 15) is 9.59 Å². The van der Waals surface area contributed by atoms with Gasteiger partial charge in [0.05, 0.1) is 19.7 Å². The molecule has 1 amide bonds. The molecule has 0 radical (unpaired) electrons. The molecule has 1 unspecified atom stereocenters. The molecule has 0 bridgehead atoms. The van der Waals surface area contributed by atoms with Crippen molar-refractivity contribution in [2.75, 3.05) is 13.2 Å². The van der Waals surface area contributed by atoms with Crippen molar-refractivity contribution in [3.63, 3.8) is 0 Å². The average Bonchev–Trinajstić information content (AvgIpc) is 2.89. The minimum atomic E-state index is -0.602. The highest BCUT2D eigenvalue weighted by Crippen LogP contribution is 2.04. The van der Waals surface area contributed by atoms with E-state index in [0.717, 1.165) is 0 Å². The van der Waals surface area contributed by atoms with Crippen LogP contribution in [-0.2, 0) is 16.0 Å². The largest absolute Gasteiger partial charge is 0.460 e. The summed E-state index contributed by atoms with van der Waals surface area (Å²) in [6.07, 6.45) is -0.875. The summed E-state index contributed by atoms with van der Waals surface area (Å²) >= 11 is 0. The molecule has 1 aromatic rings. The fourth-order valence-electron chi connectivity index (χ4n) is 1.40. The normalized spacial score (nSPS) is 18.6. The SMILES string of the molecule is CCOC(=O)c1nnnn1CC1CNC(=O)O1. The minimum absolute atomic E-state index is 0.00482. The number of nitrogens with zero attached hydrogens (tertiary/aromatic N) is 4. The summed E-state index contributed by atoms with van der Waals surface area (Å²) in [7, 11) is 0. The van der Waals surface area contributed by atoms with Gasteiger partial charge in [-0.15, -0.1) is 5.10 Å². The Morgan fingerprint density at radius 3 is 3.18 bits per heavy atom. The molecule has 1 saturated heterocycles.